The number of halogens is 1. The maximum Gasteiger partial charge on any atom is 0.212 e. The van der Waals surface area contributed by atoms with Crippen LogP contribution in [0.25, 0.3) is 0 Å². The Morgan fingerprint density at radius 3 is 2.62 bits per heavy atom. The number of methoxy groups -OCH3 is 1. The van der Waals surface area contributed by atoms with Gasteiger partial charge in [0.15, 0.2) is 0 Å². The van der Waals surface area contributed by atoms with Gasteiger partial charge in [0.1, 0.15) is 11.4 Å². The van der Waals surface area contributed by atoms with Crippen molar-refractivity contribution in [3.8, 4) is 6.07 Å². The first-order chi connectivity index (χ1) is 9.92. The summed E-state index contributed by atoms with van der Waals surface area (Å²) in [5.41, 5.74) is 6.23. The molecule has 1 unspecified atom stereocenters. The summed E-state index contributed by atoms with van der Waals surface area (Å²) >= 11 is 0. The van der Waals surface area contributed by atoms with E-state index >= 15 is 0 Å². The molecule has 0 aromatic heterocycles. The average Bonchev–Trinajstić information content (AvgIpc) is 2.49. The van der Waals surface area contributed by atoms with Gasteiger partial charge in [-0.3, -0.25) is 0 Å². The second-order valence-corrected chi connectivity index (χ2v) is 4.65. The molecule has 2 N–H and O–H groups in total. The molecular formula is C16H18FN3O. The van der Waals surface area contributed by atoms with Crippen molar-refractivity contribution in [1.82, 2.24) is 0 Å². The molecule has 0 amide bonds. The van der Waals surface area contributed by atoms with Gasteiger partial charge in [-0.15, -0.1) is 0 Å². The van der Waals surface area contributed by atoms with Crippen molar-refractivity contribution in [2.24, 2.45) is 10.7 Å². The van der Waals surface area contributed by atoms with Gasteiger partial charge in [-0.05, 0) is 43.3 Å². The molecule has 0 aliphatic heterocycles. The van der Waals surface area contributed by atoms with E-state index < -0.39 is 5.54 Å². The van der Waals surface area contributed by atoms with Crippen molar-refractivity contribution >= 4 is 6.72 Å². The van der Waals surface area contributed by atoms with Gasteiger partial charge in [-0.2, -0.15) is 5.26 Å². The molecule has 1 aromatic carbocycles. The molecule has 0 aliphatic rings. The van der Waals surface area contributed by atoms with Crippen LogP contribution in [0.15, 0.2) is 52.9 Å². The highest BCUT2D eigenvalue weighted by atomic mass is 19.1. The van der Waals surface area contributed by atoms with Gasteiger partial charge in [0.05, 0.1) is 13.2 Å². The minimum absolute atomic E-state index is 0.271. The van der Waals surface area contributed by atoms with E-state index in [-0.39, 0.29) is 11.7 Å². The molecule has 21 heavy (non-hydrogen) atoms. The molecular weight excluding hydrogens is 269 g/mol. The number of benzene rings is 1. The largest absolute Gasteiger partial charge is 0.481 e. The van der Waals surface area contributed by atoms with Crippen LogP contribution in [0.2, 0.25) is 0 Å². The molecule has 0 bridgehead atoms. The summed E-state index contributed by atoms with van der Waals surface area (Å²) in [6.07, 6.45) is 3.87. The average molecular weight is 287 g/mol. The van der Waals surface area contributed by atoms with Gasteiger partial charge in [0.25, 0.3) is 0 Å². The highest BCUT2D eigenvalue weighted by Gasteiger charge is 2.22. The molecule has 0 spiro atoms. The Balaban J connectivity index is 3.09. The van der Waals surface area contributed by atoms with E-state index in [1.165, 1.54) is 19.2 Å². The van der Waals surface area contributed by atoms with Gasteiger partial charge in [0.2, 0.25) is 5.88 Å². The van der Waals surface area contributed by atoms with Crippen molar-refractivity contribution in [3.63, 3.8) is 0 Å². The quantitative estimate of drug-likeness (QED) is 0.497. The molecule has 0 aliphatic carbocycles. The summed E-state index contributed by atoms with van der Waals surface area (Å²) in [5, 5.41) is 9.17. The molecule has 0 radical (unpaired) electrons. The maximum absolute atomic E-state index is 12.9. The topological polar surface area (TPSA) is 71.4 Å². The number of nitrogens with zero attached hydrogens (tertiary/aromatic N) is 2. The van der Waals surface area contributed by atoms with Gasteiger partial charge in [0, 0.05) is 6.08 Å². The van der Waals surface area contributed by atoms with Crippen LogP contribution >= 0.6 is 0 Å². The van der Waals surface area contributed by atoms with Crippen LogP contribution in [0.5, 0.6) is 0 Å². The number of hydrogen-bond acceptors (Lipinski definition) is 4. The van der Waals surface area contributed by atoms with Crippen LogP contribution in [0.3, 0.4) is 0 Å². The van der Waals surface area contributed by atoms with E-state index in [9.17, 15) is 9.65 Å². The van der Waals surface area contributed by atoms with Gasteiger partial charge in [-0.1, -0.05) is 18.2 Å². The molecule has 0 saturated heterocycles. The standard InChI is InChI=1S/C16H18FN3O/c1-16(19,11-18)13(10-15(20-2)21-3)7-4-12-5-8-14(17)9-6-12/h5-10H,2,4,19H2,1,3H3/b13-7+,15-10+. The number of nitrogens with two attached hydrogens (primary N) is 1. The molecule has 1 rings (SSSR count). The first kappa shape index (κ1) is 16.6. The third-order valence-electron chi connectivity index (χ3n) is 2.95. The van der Waals surface area contributed by atoms with Gasteiger partial charge >= 0.3 is 0 Å². The molecule has 110 valence electrons. The fraction of sp³-hybridized carbons (Fsp3) is 0.250. The number of aliphatic imine (C=N–C) groups is 1. The fourth-order valence-corrected chi connectivity index (χ4v) is 1.64. The van der Waals surface area contributed by atoms with E-state index in [2.05, 4.69) is 11.7 Å². The zero-order valence-electron chi connectivity index (χ0n) is 12.1. The minimum atomic E-state index is -1.19. The lowest BCUT2D eigenvalue weighted by atomic mass is 9.92. The monoisotopic (exact) mass is 287 g/mol. The van der Waals surface area contributed by atoms with Crippen molar-refractivity contribution in [3.05, 3.63) is 59.3 Å². The van der Waals surface area contributed by atoms with Crippen LogP contribution in [-0.4, -0.2) is 19.4 Å². The van der Waals surface area contributed by atoms with Crippen LogP contribution in [0.1, 0.15) is 12.5 Å². The zero-order valence-corrected chi connectivity index (χ0v) is 12.1. The number of ether oxygens (including phenoxy) is 1. The van der Waals surface area contributed by atoms with E-state index in [1.54, 1.807) is 31.2 Å². The van der Waals surface area contributed by atoms with Crippen LogP contribution in [0, 0.1) is 17.1 Å². The Morgan fingerprint density at radius 1 is 1.52 bits per heavy atom. The summed E-state index contributed by atoms with van der Waals surface area (Å²) in [7, 11) is 1.46. The van der Waals surface area contributed by atoms with E-state index in [0.29, 0.717) is 12.0 Å². The molecule has 1 aromatic rings. The normalized spacial score (nSPS) is 15.0. The fourth-order valence-electron chi connectivity index (χ4n) is 1.64. The smallest absolute Gasteiger partial charge is 0.212 e. The third kappa shape index (κ3) is 4.86. The summed E-state index contributed by atoms with van der Waals surface area (Å²) in [5.74, 6) is -0.0201. The SMILES string of the molecule is C=N/C(=C\C(=C/Cc1ccc(F)cc1)C(C)(N)C#N)OC. The Hall–Kier alpha value is -2.45. The highest BCUT2D eigenvalue weighted by Crippen LogP contribution is 2.18. The first-order valence-corrected chi connectivity index (χ1v) is 6.30. The van der Waals surface area contributed by atoms with Crippen LogP contribution in [-0.2, 0) is 11.2 Å². The molecule has 1 atom stereocenters. The zero-order chi connectivity index (χ0) is 15.9. The van der Waals surface area contributed by atoms with Gasteiger partial charge < -0.3 is 10.5 Å². The van der Waals surface area contributed by atoms with Crippen molar-refractivity contribution in [2.75, 3.05) is 7.11 Å². The van der Waals surface area contributed by atoms with Crippen LogP contribution in [0.4, 0.5) is 4.39 Å². The lowest BCUT2D eigenvalue weighted by Gasteiger charge is -2.18. The van der Waals surface area contributed by atoms with Crippen molar-refractivity contribution in [2.45, 2.75) is 18.9 Å². The number of nitriles is 1. The minimum Gasteiger partial charge on any atom is -0.481 e. The third-order valence-corrected chi connectivity index (χ3v) is 2.95. The Kier molecular flexibility index (Phi) is 5.82. The Morgan fingerprint density at radius 2 is 2.14 bits per heavy atom. The second kappa shape index (κ2) is 7.36. The molecule has 5 heteroatoms. The summed E-state index contributed by atoms with van der Waals surface area (Å²) < 4.78 is 17.9. The van der Waals surface area contributed by atoms with E-state index in [1.807, 2.05) is 6.07 Å². The molecule has 0 heterocycles. The summed E-state index contributed by atoms with van der Waals surface area (Å²) in [4.78, 5) is 3.69. The van der Waals surface area contributed by atoms with E-state index in [0.717, 1.165) is 5.56 Å². The summed E-state index contributed by atoms with van der Waals surface area (Å²) in [6.45, 7) is 4.98. The van der Waals surface area contributed by atoms with E-state index in [4.69, 9.17) is 10.5 Å². The second-order valence-electron chi connectivity index (χ2n) is 4.65. The molecule has 0 saturated carbocycles. The van der Waals surface area contributed by atoms with Gasteiger partial charge in [-0.25, -0.2) is 9.38 Å². The molecule has 4 nitrogen and oxygen atoms in total. The number of hydrogen-bond donors (Lipinski definition) is 1. The Labute approximate surface area is 124 Å². The predicted molar refractivity (Wildman–Crippen MR) is 81.0 cm³/mol. The maximum atomic E-state index is 12.9. The number of rotatable bonds is 6. The Bertz CT molecular complexity index is 595. The van der Waals surface area contributed by atoms with Crippen molar-refractivity contribution < 1.29 is 9.13 Å². The first-order valence-electron chi connectivity index (χ1n) is 6.30. The lowest BCUT2D eigenvalue weighted by Crippen LogP contribution is -2.36. The summed E-state index contributed by atoms with van der Waals surface area (Å²) in [6, 6.07) is 8.15. The highest BCUT2D eigenvalue weighted by molar-refractivity contribution is 5.40. The molecule has 0 fully saturated rings. The van der Waals surface area contributed by atoms with Crippen LogP contribution < -0.4 is 5.73 Å². The number of allylic oxidation sites excluding steroid dienone is 1. The predicted octanol–water partition coefficient (Wildman–Crippen LogP) is 2.72. The van der Waals surface area contributed by atoms with Crippen molar-refractivity contribution in [1.29, 1.82) is 5.26 Å². The lowest BCUT2D eigenvalue weighted by molar-refractivity contribution is 0.288.